The van der Waals surface area contributed by atoms with Gasteiger partial charge in [-0.3, -0.25) is 4.90 Å². The van der Waals surface area contributed by atoms with Gasteiger partial charge >= 0.3 is 0 Å². The number of nitrogens with one attached hydrogen (secondary N) is 1. The molecule has 9 heteroatoms. The van der Waals surface area contributed by atoms with Gasteiger partial charge in [-0.1, -0.05) is 84.4 Å². The fraction of sp³-hybridized carbons (Fsp3) is 0.300. The highest BCUT2D eigenvalue weighted by Gasteiger charge is 2.27. The van der Waals surface area contributed by atoms with Crippen molar-refractivity contribution in [2.75, 3.05) is 32.7 Å². The number of aromatic nitrogens is 2. The third-order valence-corrected chi connectivity index (χ3v) is 7.33. The molecule has 1 aliphatic rings. The van der Waals surface area contributed by atoms with Crippen molar-refractivity contribution in [3.63, 3.8) is 0 Å². The molecule has 0 bridgehead atoms. The second-order valence-corrected chi connectivity index (χ2v) is 9.94. The molecule has 2 atom stereocenters. The first kappa shape index (κ1) is 33.1. The molecule has 1 aromatic heterocycles. The van der Waals surface area contributed by atoms with Gasteiger partial charge in [0.15, 0.2) is 0 Å². The molecule has 2 unspecified atom stereocenters. The van der Waals surface area contributed by atoms with Crippen LogP contribution in [0.2, 0.25) is 5.02 Å². The lowest BCUT2D eigenvalue weighted by molar-refractivity contribution is 0.0875. The van der Waals surface area contributed by atoms with Crippen LogP contribution in [-0.4, -0.2) is 57.6 Å². The molecule has 0 aliphatic carbocycles. The van der Waals surface area contributed by atoms with E-state index in [0.29, 0.717) is 6.42 Å². The van der Waals surface area contributed by atoms with E-state index in [1.54, 1.807) is 0 Å². The summed E-state index contributed by atoms with van der Waals surface area (Å²) < 4.78 is 0. The summed E-state index contributed by atoms with van der Waals surface area (Å²) in [7, 11) is 0. The topological polar surface area (TPSA) is 55.4 Å². The van der Waals surface area contributed by atoms with Gasteiger partial charge < -0.3 is 15.0 Å². The Bertz CT molecular complexity index is 1250. The van der Waals surface area contributed by atoms with Crippen molar-refractivity contribution in [3.05, 3.63) is 112 Å². The monoisotopic (exact) mass is 608 g/mol. The van der Waals surface area contributed by atoms with Crippen LogP contribution < -0.4 is 0 Å². The predicted octanol–water partition coefficient (Wildman–Crippen LogP) is 7.13. The summed E-state index contributed by atoms with van der Waals surface area (Å²) in [6.07, 6.45) is 0.0852. The average molecular weight is 610 g/mol. The van der Waals surface area contributed by atoms with Crippen molar-refractivity contribution in [2.24, 2.45) is 0 Å². The SMILES string of the molecule is Cc1[nH]c(-c2ccccc2)nc1C(O)CCN1CCN(C(c2ccccc2)c2ccc(Cl)cc2)CC1.Cl.Cl.Cl. The number of aliphatic hydroxyl groups excluding tert-OH is 1. The van der Waals surface area contributed by atoms with Crippen molar-refractivity contribution in [1.82, 2.24) is 19.8 Å². The maximum atomic E-state index is 10.9. The standard InChI is InChI=1S/C30H33ClN4O.3ClH/c1-22-28(33-30(32-22)25-10-6-3-7-11-25)27(36)16-17-34-18-20-35(21-19-34)29(23-8-4-2-5-9-23)24-12-14-26(31)15-13-24;;;/h2-15,27,29,36H,16-21H2,1H3,(H,32,33);3*1H. The molecular weight excluding hydrogens is 574 g/mol. The smallest absolute Gasteiger partial charge is 0.137 e. The van der Waals surface area contributed by atoms with Crippen LogP contribution in [0.5, 0.6) is 0 Å². The van der Waals surface area contributed by atoms with Crippen LogP contribution >= 0.6 is 48.8 Å². The fourth-order valence-corrected chi connectivity index (χ4v) is 5.24. The molecule has 0 amide bonds. The van der Waals surface area contributed by atoms with Crippen molar-refractivity contribution in [3.8, 4) is 11.4 Å². The van der Waals surface area contributed by atoms with Gasteiger partial charge in [0.05, 0.1) is 17.8 Å². The van der Waals surface area contributed by atoms with Gasteiger partial charge in [0.1, 0.15) is 5.82 Å². The van der Waals surface area contributed by atoms with Gasteiger partial charge in [-0.2, -0.15) is 0 Å². The van der Waals surface area contributed by atoms with Crippen LogP contribution in [0.4, 0.5) is 0 Å². The van der Waals surface area contributed by atoms with Crippen LogP contribution in [0, 0.1) is 6.92 Å². The number of halogens is 4. The van der Waals surface area contributed by atoms with Gasteiger partial charge in [0.2, 0.25) is 0 Å². The van der Waals surface area contributed by atoms with Crippen molar-refractivity contribution in [2.45, 2.75) is 25.5 Å². The average Bonchev–Trinajstić information content (AvgIpc) is 3.32. The van der Waals surface area contributed by atoms with E-state index in [1.807, 2.05) is 49.4 Å². The number of piperazine rings is 1. The molecule has 39 heavy (non-hydrogen) atoms. The quantitative estimate of drug-likeness (QED) is 0.223. The molecule has 1 aliphatic heterocycles. The Kier molecular flexibility index (Phi) is 13.3. The summed E-state index contributed by atoms with van der Waals surface area (Å²) >= 11 is 6.17. The van der Waals surface area contributed by atoms with Gasteiger partial charge in [-0.25, -0.2) is 4.98 Å². The number of hydrogen-bond acceptors (Lipinski definition) is 4. The van der Waals surface area contributed by atoms with E-state index in [9.17, 15) is 5.11 Å². The van der Waals surface area contributed by atoms with Gasteiger partial charge in [0, 0.05) is 49.0 Å². The van der Waals surface area contributed by atoms with Crippen molar-refractivity contribution < 1.29 is 5.11 Å². The number of aliphatic hydroxyl groups is 1. The second kappa shape index (κ2) is 15.6. The minimum Gasteiger partial charge on any atom is -0.387 e. The summed E-state index contributed by atoms with van der Waals surface area (Å²) in [6.45, 7) is 6.71. The summed E-state index contributed by atoms with van der Waals surface area (Å²) in [5.74, 6) is 0.810. The number of imidazole rings is 1. The number of hydrogen-bond donors (Lipinski definition) is 2. The van der Waals surface area contributed by atoms with Crippen molar-refractivity contribution >= 4 is 48.8 Å². The van der Waals surface area contributed by atoms with E-state index < -0.39 is 6.10 Å². The lowest BCUT2D eigenvalue weighted by Crippen LogP contribution is -2.48. The first-order chi connectivity index (χ1) is 17.6. The lowest BCUT2D eigenvalue weighted by atomic mass is 9.96. The van der Waals surface area contributed by atoms with Gasteiger partial charge in [-0.15, -0.1) is 37.2 Å². The highest BCUT2D eigenvalue weighted by Crippen LogP contribution is 2.31. The summed E-state index contributed by atoms with van der Waals surface area (Å²) in [4.78, 5) is 13.0. The first-order valence-electron chi connectivity index (χ1n) is 12.7. The second-order valence-electron chi connectivity index (χ2n) is 9.51. The van der Waals surface area contributed by atoms with Crippen molar-refractivity contribution in [1.29, 1.82) is 0 Å². The van der Waals surface area contributed by atoms with E-state index in [0.717, 1.165) is 60.5 Å². The van der Waals surface area contributed by atoms with E-state index >= 15 is 0 Å². The number of aryl methyl sites for hydroxylation is 1. The molecule has 1 saturated heterocycles. The van der Waals surface area contributed by atoms with Crippen LogP contribution in [0.15, 0.2) is 84.9 Å². The van der Waals surface area contributed by atoms with Gasteiger partial charge in [0.25, 0.3) is 0 Å². The zero-order chi connectivity index (χ0) is 24.9. The highest BCUT2D eigenvalue weighted by molar-refractivity contribution is 6.30. The third kappa shape index (κ3) is 8.21. The molecule has 0 radical (unpaired) electrons. The summed E-state index contributed by atoms with van der Waals surface area (Å²) in [6, 6.07) is 29.2. The maximum Gasteiger partial charge on any atom is 0.137 e. The Labute approximate surface area is 254 Å². The first-order valence-corrected chi connectivity index (χ1v) is 13.0. The molecule has 2 N–H and O–H groups in total. The Balaban J connectivity index is 0.00000178. The number of rotatable bonds is 8. The Morgan fingerprint density at radius 3 is 2.00 bits per heavy atom. The van der Waals surface area contributed by atoms with E-state index in [4.69, 9.17) is 16.6 Å². The predicted molar refractivity (Wildman–Crippen MR) is 168 cm³/mol. The minimum absolute atomic E-state index is 0. The molecule has 0 saturated carbocycles. The van der Waals surface area contributed by atoms with Gasteiger partial charge in [-0.05, 0) is 36.6 Å². The molecule has 4 aromatic rings. The number of benzene rings is 3. The van der Waals surface area contributed by atoms with Crippen LogP contribution in [-0.2, 0) is 0 Å². The van der Waals surface area contributed by atoms with E-state index in [1.165, 1.54) is 11.1 Å². The Hall–Kier alpha value is -2.09. The molecule has 1 fully saturated rings. The molecule has 5 nitrogen and oxygen atoms in total. The number of nitrogens with zero attached hydrogens (tertiary/aromatic N) is 3. The zero-order valence-electron chi connectivity index (χ0n) is 21.9. The van der Waals surface area contributed by atoms with E-state index in [2.05, 4.69) is 57.2 Å². The zero-order valence-corrected chi connectivity index (χ0v) is 25.1. The normalized spacial score (nSPS) is 15.4. The molecule has 5 rings (SSSR count). The largest absolute Gasteiger partial charge is 0.387 e. The third-order valence-electron chi connectivity index (χ3n) is 7.08. The van der Waals surface area contributed by atoms with Crippen LogP contribution in [0.25, 0.3) is 11.4 Å². The number of aromatic amines is 1. The molecule has 0 spiro atoms. The summed E-state index contributed by atoms with van der Waals surface area (Å²) in [5.41, 5.74) is 5.27. The Morgan fingerprint density at radius 2 is 1.38 bits per heavy atom. The van der Waals surface area contributed by atoms with Crippen LogP contribution in [0.1, 0.15) is 41.1 Å². The molecule has 3 aromatic carbocycles. The minimum atomic E-state index is -0.581. The maximum absolute atomic E-state index is 10.9. The highest BCUT2D eigenvalue weighted by atomic mass is 35.5. The molecular formula is C30H36Cl4N4O. The summed E-state index contributed by atoms with van der Waals surface area (Å²) in [5, 5.41) is 11.7. The lowest BCUT2D eigenvalue weighted by Gasteiger charge is -2.40. The number of H-pyrrole nitrogens is 1. The molecule has 2 heterocycles. The Morgan fingerprint density at radius 1 is 0.821 bits per heavy atom. The fourth-order valence-electron chi connectivity index (χ4n) is 5.11. The van der Waals surface area contributed by atoms with E-state index in [-0.39, 0.29) is 43.3 Å². The molecule has 210 valence electrons. The van der Waals surface area contributed by atoms with Crippen LogP contribution in [0.3, 0.4) is 0 Å².